The number of nitrogens with one attached hydrogen (secondary N) is 1. The van der Waals surface area contributed by atoms with Crippen molar-refractivity contribution in [3.8, 4) is 11.5 Å². The minimum atomic E-state index is -0.177. The average molecular weight is 360 g/mol. The number of urea groups is 1. The number of methoxy groups -OCH3 is 1. The second-order valence-corrected chi connectivity index (χ2v) is 6.08. The van der Waals surface area contributed by atoms with E-state index in [1.807, 2.05) is 32.0 Å². The maximum Gasteiger partial charge on any atom is 0.318 e. The third-order valence-electron chi connectivity index (χ3n) is 4.32. The van der Waals surface area contributed by atoms with Crippen LogP contribution in [-0.2, 0) is 19.4 Å². The molecule has 0 saturated carbocycles. The monoisotopic (exact) mass is 360 g/mol. The van der Waals surface area contributed by atoms with E-state index in [1.54, 1.807) is 12.0 Å². The zero-order valence-corrected chi connectivity index (χ0v) is 15.3. The molecular formula is C18H24N4O4. The number of aryl methyl sites for hydroxylation is 1. The van der Waals surface area contributed by atoms with E-state index in [-0.39, 0.29) is 18.6 Å². The molecule has 2 heterocycles. The van der Waals surface area contributed by atoms with Crippen LogP contribution >= 0.6 is 0 Å². The summed E-state index contributed by atoms with van der Waals surface area (Å²) in [5.74, 6) is 2.55. The van der Waals surface area contributed by atoms with E-state index in [0.29, 0.717) is 43.5 Å². The Bertz CT molecular complexity index is 761. The molecule has 1 aliphatic heterocycles. The van der Waals surface area contributed by atoms with E-state index >= 15 is 0 Å². The second-order valence-electron chi connectivity index (χ2n) is 6.08. The van der Waals surface area contributed by atoms with Gasteiger partial charge in [-0.05, 0) is 19.4 Å². The van der Waals surface area contributed by atoms with Gasteiger partial charge in [-0.25, -0.2) is 4.79 Å². The number of ether oxygens (including phenoxy) is 2. The number of carbonyl (C=O) groups is 1. The van der Waals surface area contributed by atoms with Gasteiger partial charge in [-0.3, -0.25) is 0 Å². The lowest BCUT2D eigenvalue weighted by atomic mass is 10.0. The van der Waals surface area contributed by atoms with Crippen molar-refractivity contribution in [3.05, 3.63) is 35.5 Å². The lowest BCUT2D eigenvalue weighted by Crippen LogP contribution is -2.48. The van der Waals surface area contributed by atoms with Gasteiger partial charge >= 0.3 is 6.03 Å². The third kappa shape index (κ3) is 3.89. The summed E-state index contributed by atoms with van der Waals surface area (Å²) in [5.41, 5.74) is 1.02. The molecule has 8 nitrogen and oxygen atoms in total. The Kier molecular flexibility index (Phi) is 5.60. The van der Waals surface area contributed by atoms with Crippen molar-refractivity contribution in [1.29, 1.82) is 0 Å². The molecule has 140 valence electrons. The molecule has 1 atom stereocenters. The van der Waals surface area contributed by atoms with Gasteiger partial charge < -0.3 is 24.2 Å². The van der Waals surface area contributed by atoms with Gasteiger partial charge in [0.05, 0.1) is 13.2 Å². The fourth-order valence-corrected chi connectivity index (χ4v) is 2.90. The van der Waals surface area contributed by atoms with Crippen molar-refractivity contribution in [2.45, 2.75) is 39.3 Å². The largest absolute Gasteiger partial charge is 0.493 e. The highest BCUT2D eigenvalue weighted by Gasteiger charge is 2.26. The van der Waals surface area contributed by atoms with Crippen LogP contribution in [-0.4, -0.2) is 47.4 Å². The van der Waals surface area contributed by atoms with Crippen molar-refractivity contribution in [2.24, 2.45) is 0 Å². The topological polar surface area (TPSA) is 89.7 Å². The molecule has 1 aromatic carbocycles. The summed E-state index contributed by atoms with van der Waals surface area (Å²) < 4.78 is 16.3. The molecule has 2 amide bonds. The standard InChI is InChI=1S/C18H24N4O4/c1-4-15-20-16(26-21-15)10-22(5-2)18(23)19-13-9-12-7-6-8-14(24-3)17(12)25-11-13/h6-8,13H,4-5,9-11H2,1-3H3,(H,19,23)/t13-/m0/s1. The first-order valence-electron chi connectivity index (χ1n) is 8.80. The molecule has 8 heteroatoms. The number of fused-ring (bicyclic) bond motifs is 1. The van der Waals surface area contributed by atoms with Gasteiger partial charge in [-0.1, -0.05) is 24.2 Å². The lowest BCUT2D eigenvalue weighted by molar-refractivity contribution is 0.173. The van der Waals surface area contributed by atoms with E-state index in [2.05, 4.69) is 15.5 Å². The van der Waals surface area contributed by atoms with Crippen molar-refractivity contribution < 1.29 is 18.8 Å². The number of hydrogen-bond acceptors (Lipinski definition) is 6. The minimum Gasteiger partial charge on any atom is -0.493 e. The molecule has 0 unspecified atom stereocenters. The predicted molar refractivity (Wildman–Crippen MR) is 94.3 cm³/mol. The molecule has 1 N–H and O–H groups in total. The van der Waals surface area contributed by atoms with Crippen LogP contribution < -0.4 is 14.8 Å². The summed E-state index contributed by atoms with van der Waals surface area (Å²) in [4.78, 5) is 18.5. The molecule has 0 fully saturated rings. The number of aromatic nitrogens is 2. The van der Waals surface area contributed by atoms with Gasteiger partial charge in [0, 0.05) is 18.5 Å². The molecule has 0 aliphatic carbocycles. The van der Waals surface area contributed by atoms with Crippen LogP contribution in [0.25, 0.3) is 0 Å². The van der Waals surface area contributed by atoms with Gasteiger partial charge in [0.2, 0.25) is 5.89 Å². The number of amides is 2. The van der Waals surface area contributed by atoms with E-state index in [9.17, 15) is 4.79 Å². The lowest BCUT2D eigenvalue weighted by Gasteiger charge is -2.29. The molecule has 1 aliphatic rings. The normalized spacial score (nSPS) is 15.7. The van der Waals surface area contributed by atoms with Gasteiger partial charge in [-0.15, -0.1) is 0 Å². The fraction of sp³-hybridized carbons (Fsp3) is 0.500. The number of hydrogen-bond donors (Lipinski definition) is 1. The van der Waals surface area contributed by atoms with Crippen LogP contribution in [0.15, 0.2) is 22.7 Å². The molecule has 0 saturated heterocycles. The Hall–Kier alpha value is -2.77. The third-order valence-corrected chi connectivity index (χ3v) is 4.32. The highest BCUT2D eigenvalue weighted by atomic mass is 16.5. The Morgan fingerprint density at radius 1 is 1.42 bits per heavy atom. The molecule has 0 radical (unpaired) electrons. The first-order valence-corrected chi connectivity index (χ1v) is 8.80. The fourth-order valence-electron chi connectivity index (χ4n) is 2.90. The van der Waals surface area contributed by atoms with Crippen molar-refractivity contribution in [1.82, 2.24) is 20.4 Å². The Morgan fingerprint density at radius 2 is 2.27 bits per heavy atom. The highest BCUT2D eigenvalue weighted by molar-refractivity contribution is 5.74. The van der Waals surface area contributed by atoms with Crippen molar-refractivity contribution in [3.63, 3.8) is 0 Å². The number of rotatable bonds is 6. The van der Waals surface area contributed by atoms with Crippen LogP contribution in [0.2, 0.25) is 0 Å². The van der Waals surface area contributed by atoms with Crippen LogP contribution in [0.5, 0.6) is 11.5 Å². The minimum absolute atomic E-state index is 0.106. The van der Waals surface area contributed by atoms with Gasteiger partial charge in [0.1, 0.15) is 13.2 Å². The average Bonchev–Trinajstić information content (AvgIpc) is 3.13. The molecule has 26 heavy (non-hydrogen) atoms. The van der Waals surface area contributed by atoms with E-state index in [4.69, 9.17) is 14.0 Å². The molecule has 0 spiro atoms. The number of para-hydroxylation sites is 1. The zero-order valence-electron chi connectivity index (χ0n) is 15.3. The molecule has 3 rings (SSSR count). The van der Waals surface area contributed by atoms with Crippen LogP contribution in [0, 0.1) is 0 Å². The molecular weight excluding hydrogens is 336 g/mol. The molecule has 2 aromatic rings. The molecule has 0 bridgehead atoms. The SMILES string of the molecule is CCc1noc(CN(CC)C(=O)N[C@@H]2COc3c(cccc3OC)C2)n1. The van der Waals surface area contributed by atoms with Crippen molar-refractivity contribution >= 4 is 6.03 Å². The Labute approximate surface area is 152 Å². The van der Waals surface area contributed by atoms with E-state index in [0.717, 1.165) is 11.3 Å². The summed E-state index contributed by atoms with van der Waals surface area (Å²) in [6.45, 7) is 5.08. The van der Waals surface area contributed by atoms with Crippen molar-refractivity contribution in [2.75, 3.05) is 20.3 Å². The number of carbonyl (C=O) groups excluding carboxylic acids is 1. The zero-order chi connectivity index (χ0) is 18.5. The summed E-state index contributed by atoms with van der Waals surface area (Å²) in [6.07, 6.45) is 1.39. The quantitative estimate of drug-likeness (QED) is 0.849. The summed E-state index contributed by atoms with van der Waals surface area (Å²) in [6, 6.07) is 5.49. The second kappa shape index (κ2) is 8.07. The first-order chi connectivity index (χ1) is 12.6. The van der Waals surface area contributed by atoms with Crippen LogP contribution in [0.3, 0.4) is 0 Å². The highest BCUT2D eigenvalue weighted by Crippen LogP contribution is 2.34. The first kappa shape index (κ1) is 18.0. The number of benzene rings is 1. The molecule has 1 aromatic heterocycles. The summed E-state index contributed by atoms with van der Waals surface area (Å²) >= 11 is 0. The Balaban J connectivity index is 1.61. The maximum absolute atomic E-state index is 12.6. The van der Waals surface area contributed by atoms with Gasteiger partial charge in [0.25, 0.3) is 0 Å². The Morgan fingerprint density at radius 3 is 2.96 bits per heavy atom. The van der Waals surface area contributed by atoms with E-state index < -0.39 is 0 Å². The van der Waals surface area contributed by atoms with Gasteiger partial charge in [0.15, 0.2) is 17.3 Å². The smallest absolute Gasteiger partial charge is 0.318 e. The van der Waals surface area contributed by atoms with Crippen LogP contribution in [0.4, 0.5) is 4.79 Å². The van der Waals surface area contributed by atoms with Crippen LogP contribution in [0.1, 0.15) is 31.1 Å². The predicted octanol–water partition coefficient (Wildman–Crippen LogP) is 2.18. The van der Waals surface area contributed by atoms with E-state index in [1.165, 1.54) is 0 Å². The summed E-state index contributed by atoms with van der Waals surface area (Å²) in [5, 5.41) is 6.88. The summed E-state index contributed by atoms with van der Waals surface area (Å²) in [7, 11) is 1.62. The van der Waals surface area contributed by atoms with Gasteiger partial charge in [-0.2, -0.15) is 4.98 Å². The maximum atomic E-state index is 12.6. The number of nitrogens with zero attached hydrogens (tertiary/aromatic N) is 3.